The summed E-state index contributed by atoms with van der Waals surface area (Å²) in [4.78, 5) is 18.9. The molecule has 3 N–H and O–H groups in total. The molecule has 0 aliphatic rings. The third-order valence-electron chi connectivity index (χ3n) is 2.61. The highest BCUT2D eigenvalue weighted by atomic mass is 35.5. The molecule has 0 aliphatic heterocycles. The van der Waals surface area contributed by atoms with Crippen LogP contribution in [0.25, 0.3) is 11.4 Å². The second-order valence-electron chi connectivity index (χ2n) is 4.02. The van der Waals surface area contributed by atoms with Gasteiger partial charge in [-0.25, -0.2) is 9.97 Å². The van der Waals surface area contributed by atoms with E-state index < -0.39 is 12.0 Å². The average molecular weight is 278 g/mol. The van der Waals surface area contributed by atoms with Crippen LogP contribution in [0.5, 0.6) is 0 Å². The number of aromatic nitrogens is 2. The van der Waals surface area contributed by atoms with Crippen LogP contribution in [0, 0.1) is 0 Å². The van der Waals surface area contributed by atoms with Crippen molar-refractivity contribution < 1.29 is 9.90 Å². The maximum absolute atomic E-state index is 10.6. The number of nitrogens with zero attached hydrogens (tertiary/aromatic N) is 2. The van der Waals surface area contributed by atoms with Gasteiger partial charge in [0.25, 0.3) is 0 Å². The molecule has 0 amide bonds. The SMILES string of the molecule is N[C@H](CC(=O)O)c1cnc(-c2ccccc2Cl)nc1. The van der Waals surface area contributed by atoms with Crippen molar-refractivity contribution in [3.8, 4) is 11.4 Å². The van der Waals surface area contributed by atoms with E-state index in [0.717, 1.165) is 5.56 Å². The monoisotopic (exact) mass is 277 g/mol. The smallest absolute Gasteiger partial charge is 0.305 e. The molecule has 1 aromatic carbocycles. The third-order valence-corrected chi connectivity index (χ3v) is 2.94. The lowest BCUT2D eigenvalue weighted by atomic mass is 10.1. The summed E-state index contributed by atoms with van der Waals surface area (Å²) >= 11 is 6.05. The number of aliphatic carboxylic acids is 1. The maximum Gasteiger partial charge on any atom is 0.305 e. The van der Waals surface area contributed by atoms with Gasteiger partial charge in [-0.2, -0.15) is 0 Å². The van der Waals surface area contributed by atoms with E-state index in [2.05, 4.69) is 9.97 Å². The Morgan fingerprint density at radius 1 is 1.32 bits per heavy atom. The topological polar surface area (TPSA) is 89.1 Å². The second-order valence-corrected chi connectivity index (χ2v) is 4.43. The molecule has 0 bridgehead atoms. The Balaban J connectivity index is 2.24. The van der Waals surface area contributed by atoms with Crippen LogP contribution in [0.15, 0.2) is 36.7 Å². The van der Waals surface area contributed by atoms with E-state index in [-0.39, 0.29) is 6.42 Å². The summed E-state index contributed by atoms with van der Waals surface area (Å²) in [6, 6.07) is 6.62. The molecular weight excluding hydrogens is 266 g/mol. The van der Waals surface area contributed by atoms with Crippen LogP contribution in [0.1, 0.15) is 18.0 Å². The zero-order valence-electron chi connectivity index (χ0n) is 9.95. The highest BCUT2D eigenvalue weighted by molar-refractivity contribution is 6.33. The molecule has 2 rings (SSSR count). The second kappa shape index (κ2) is 5.77. The number of halogens is 1. The Bertz CT molecular complexity index is 587. The maximum atomic E-state index is 10.6. The van der Waals surface area contributed by atoms with Crippen LogP contribution in [-0.4, -0.2) is 21.0 Å². The molecule has 1 atom stereocenters. The van der Waals surface area contributed by atoms with Gasteiger partial charge in [-0.15, -0.1) is 0 Å². The molecule has 0 saturated carbocycles. The van der Waals surface area contributed by atoms with Gasteiger partial charge in [0.2, 0.25) is 0 Å². The minimum atomic E-state index is -0.956. The standard InChI is InChI=1S/C13H12ClN3O2/c14-10-4-2-1-3-9(10)13-16-6-8(7-17-13)11(15)5-12(18)19/h1-4,6-7,11H,5,15H2,(H,18,19)/t11-/m1/s1. The summed E-state index contributed by atoms with van der Waals surface area (Å²) in [7, 11) is 0. The minimum absolute atomic E-state index is 0.158. The number of carbonyl (C=O) groups is 1. The van der Waals surface area contributed by atoms with Crippen molar-refractivity contribution in [2.24, 2.45) is 5.73 Å². The Morgan fingerprint density at radius 3 is 2.53 bits per heavy atom. The van der Waals surface area contributed by atoms with E-state index in [0.29, 0.717) is 16.4 Å². The fourth-order valence-electron chi connectivity index (χ4n) is 1.62. The van der Waals surface area contributed by atoms with Gasteiger partial charge in [-0.1, -0.05) is 23.7 Å². The average Bonchev–Trinajstić information content (AvgIpc) is 2.39. The van der Waals surface area contributed by atoms with Crippen LogP contribution in [-0.2, 0) is 4.79 Å². The zero-order valence-corrected chi connectivity index (χ0v) is 10.7. The first kappa shape index (κ1) is 13.5. The Kier molecular flexibility index (Phi) is 4.09. The molecule has 0 saturated heterocycles. The molecular formula is C13H12ClN3O2. The molecule has 1 heterocycles. The highest BCUT2D eigenvalue weighted by Crippen LogP contribution is 2.24. The van der Waals surface area contributed by atoms with Gasteiger partial charge < -0.3 is 10.8 Å². The van der Waals surface area contributed by atoms with Gasteiger partial charge in [-0.05, 0) is 12.1 Å². The molecule has 19 heavy (non-hydrogen) atoms. The first-order valence-corrected chi connectivity index (χ1v) is 6.00. The summed E-state index contributed by atoms with van der Waals surface area (Å²) in [5, 5.41) is 9.24. The molecule has 5 nitrogen and oxygen atoms in total. The fourth-order valence-corrected chi connectivity index (χ4v) is 1.84. The summed E-state index contributed by atoms with van der Waals surface area (Å²) in [6.45, 7) is 0. The number of rotatable bonds is 4. The van der Waals surface area contributed by atoms with Gasteiger partial charge in [0.15, 0.2) is 5.82 Å². The van der Waals surface area contributed by atoms with Gasteiger partial charge in [-0.3, -0.25) is 4.79 Å². The summed E-state index contributed by atoms with van der Waals surface area (Å²) in [6.07, 6.45) is 2.90. The van der Waals surface area contributed by atoms with Crippen molar-refractivity contribution >= 4 is 17.6 Å². The van der Waals surface area contributed by atoms with E-state index in [9.17, 15) is 4.79 Å². The van der Waals surface area contributed by atoms with Crippen LogP contribution in [0.2, 0.25) is 5.02 Å². The van der Waals surface area contributed by atoms with Crippen molar-refractivity contribution in [1.82, 2.24) is 9.97 Å². The van der Waals surface area contributed by atoms with E-state index in [1.165, 1.54) is 12.4 Å². The van der Waals surface area contributed by atoms with E-state index in [1.807, 2.05) is 18.2 Å². The largest absolute Gasteiger partial charge is 0.481 e. The Morgan fingerprint density at radius 2 is 1.95 bits per heavy atom. The van der Waals surface area contributed by atoms with Gasteiger partial charge in [0, 0.05) is 29.6 Å². The first-order valence-electron chi connectivity index (χ1n) is 5.62. The lowest BCUT2D eigenvalue weighted by Gasteiger charge is -2.09. The fraction of sp³-hybridized carbons (Fsp3) is 0.154. The normalized spacial score (nSPS) is 12.1. The van der Waals surface area contributed by atoms with Gasteiger partial charge >= 0.3 is 5.97 Å². The molecule has 0 aliphatic carbocycles. The quantitative estimate of drug-likeness (QED) is 0.895. The molecule has 0 radical (unpaired) electrons. The van der Waals surface area contributed by atoms with Gasteiger partial charge in [0.05, 0.1) is 11.4 Å². The van der Waals surface area contributed by atoms with Crippen molar-refractivity contribution in [3.05, 3.63) is 47.2 Å². The lowest BCUT2D eigenvalue weighted by Crippen LogP contribution is -2.15. The molecule has 98 valence electrons. The number of hydrogen-bond acceptors (Lipinski definition) is 4. The van der Waals surface area contributed by atoms with Gasteiger partial charge in [0.1, 0.15) is 0 Å². The molecule has 6 heteroatoms. The van der Waals surface area contributed by atoms with Crippen molar-refractivity contribution in [1.29, 1.82) is 0 Å². The molecule has 1 aromatic heterocycles. The third kappa shape index (κ3) is 3.27. The predicted molar refractivity (Wildman–Crippen MR) is 71.7 cm³/mol. The van der Waals surface area contributed by atoms with Crippen molar-refractivity contribution in [2.75, 3.05) is 0 Å². The molecule has 0 unspecified atom stereocenters. The van der Waals surface area contributed by atoms with Crippen LogP contribution < -0.4 is 5.73 Å². The number of carboxylic acids is 1. The van der Waals surface area contributed by atoms with Crippen LogP contribution >= 0.6 is 11.6 Å². The molecule has 2 aromatic rings. The highest BCUT2D eigenvalue weighted by Gasteiger charge is 2.12. The van der Waals surface area contributed by atoms with Crippen molar-refractivity contribution in [3.63, 3.8) is 0 Å². The minimum Gasteiger partial charge on any atom is -0.481 e. The van der Waals surface area contributed by atoms with E-state index in [4.69, 9.17) is 22.4 Å². The Labute approximate surface area is 115 Å². The van der Waals surface area contributed by atoms with Crippen molar-refractivity contribution in [2.45, 2.75) is 12.5 Å². The zero-order chi connectivity index (χ0) is 13.8. The van der Waals surface area contributed by atoms with E-state index in [1.54, 1.807) is 6.07 Å². The number of benzene rings is 1. The van der Waals surface area contributed by atoms with Crippen LogP contribution in [0.3, 0.4) is 0 Å². The number of nitrogens with two attached hydrogens (primary N) is 1. The molecule has 0 spiro atoms. The number of carboxylic acid groups (broad SMARTS) is 1. The summed E-state index contributed by atoms with van der Waals surface area (Å²) < 4.78 is 0. The van der Waals surface area contributed by atoms with Crippen LogP contribution in [0.4, 0.5) is 0 Å². The lowest BCUT2D eigenvalue weighted by molar-refractivity contribution is -0.137. The number of hydrogen-bond donors (Lipinski definition) is 2. The Hall–Kier alpha value is -1.98. The van der Waals surface area contributed by atoms with E-state index >= 15 is 0 Å². The predicted octanol–water partition coefficient (Wildman–Crippen LogP) is 2.27. The summed E-state index contributed by atoms with van der Waals surface area (Å²) in [5.41, 5.74) is 7.03. The first-order chi connectivity index (χ1) is 9.08. The molecule has 0 fully saturated rings. The summed E-state index contributed by atoms with van der Waals surface area (Å²) in [5.74, 6) is -0.473.